The molecule has 0 saturated carbocycles. The third-order valence-corrected chi connectivity index (χ3v) is 5.66. The van der Waals surface area contributed by atoms with E-state index in [2.05, 4.69) is 15.3 Å². The number of nitrogens with one attached hydrogen (secondary N) is 1. The van der Waals surface area contributed by atoms with Crippen molar-refractivity contribution in [2.75, 3.05) is 37.5 Å². The number of ether oxygens (including phenoxy) is 2. The van der Waals surface area contributed by atoms with E-state index in [0.717, 1.165) is 29.9 Å². The number of anilines is 3. The van der Waals surface area contributed by atoms with Gasteiger partial charge in [-0.3, -0.25) is 4.79 Å². The highest BCUT2D eigenvalue weighted by molar-refractivity contribution is 7.16. The Morgan fingerprint density at radius 2 is 2.10 bits per heavy atom. The summed E-state index contributed by atoms with van der Waals surface area (Å²) in [6.45, 7) is 1.30. The van der Waals surface area contributed by atoms with Gasteiger partial charge in [-0.15, -0.1) is 11.3 Å². The smallest absolute Gasteiger partial charge is 0.228 e. The Hall–Kier alpha value is -3.14. The number of fused-ring (bicyclic) bond motifs is 1. The second-order valence-electron chi connectivity index (χ2n) is 6.76. The number of thiazole rings is 1. The Morgan fingerprint density at radius 1 is 1.28 bits per heavy atom. The lowest BCUT2D eigenvalue weighted by Gasteiger charge is -2.31. The molecule has 0 bridgehead atoms. The zero-order valence-electron chi connectivity index (χ0n) is 16.2. The highest BCUT2D eigenvalue weighted by Gasteiger charge is 2.26. The van der Waals surface area contributed by atoms with Gasteiger partial charge in [-0.05, 0) is 25.0 Å². The lowest BCUT2D eigenvalue weighted by Crippen LogP contribution is -2.41. The summed E-state index contributed by atoms with van der Waals surface area (Å²) >= 11 is 1.45. The molecule has 0 aliphatic carbocycles. The number of carbonyl (C=O) groups is 1. The molecule has 1 atom stereocenters. The molecule has 4 rings (SSSR count). The number of rotatable bonds is 6. The molecule has 1 amide bonds. The van der Waals surface area contributed by atoms with Crippen molar-refractivity contribution in [2.24, 2.45) is 11.7 Å². The van der Waals surface area contributed by atoms with Crippen LogP contribution in [0.4, 0.5) is 17.5 Å². The Morgan fingerprint density at radius 3 is 2.86 bits per heavy atom. The van der Waals surface area contributed by atoms with Gasteiger partial charge in [0.05, 0.1) is 25.6 Å². The molecule has 1 unspecified atom stereocenters. The first kappa shape index (κ1) is 19.2. The number of piperidine rings is 1. The maximum absolute atomic E-state index is 11.6. The molecule has 1 aliphatic rings. The normalized spacial score (nSPS) is 16.6. The average molecular weight is 414 g/mol. The van der Waals surface area contributed by atoms with E-state index in [1.807, 2.05) is 23.1 Å². The number of nitrogens with two attached hydrogens (primary N) is 1. The monoisotopic (exact) mass is 414 g/mol. The summed E-state index contributed by atoms with van der Waals surface area (Å²) in [6.07, 6.45) is 1.67. The summed E-state index contributed by atoms with van der Waals surface area (Å²) in [5.74, 6) is 1.95. The summed E-state index contributed by atoms with van der Waals surface area (Å²) in [4.78, 5) is 28.2. The molecule has 0 radical (unpaired) electrons. The fourth-order valence-electron chi connectivity index (χ4n) is 3.42. The minimum absolute atomic E-state index is 0.188. The van der Waals surface area contributed by atoms with Crippen LogP contribution in [0.1, 0.15) is 12.8 Å². The molecular weight excluding hydrogens is 392 g/mol. The van der Waals surface area contributed by atoms with Crippen LogP contribution in [0.2, 0.25) is 0 Å². The van der Waals surface area contributed by atoms with Crippen LogP contribution in [0.15, 0.2) is 23.7 Å². The van der Waals surface area contributed by atoms with Crippen LogP contribution in [-0.2, 0) is 4.79 Å². The molecule has 1 aliphatic heterocycles. The van der Waals surface area contributed by atoms with Crippen LogP contribution >= 0.6 is 11.3 Å². The number of benzene rings is 1. The van der Waals surface area contributed by atoms with Crippen molar-refractivity contribution in [2.45, 2.75) is 12.8 Å². The molecule has 10 heteroatoms. The van der Waals surface area contributed by atoms with Crippen LogP contribution in [0, 0.1) is 5.92 Å². The molecule has 1 aromatic carbocycles. The third kappa shape index (κ3) is 3.88. The van der Waals surface area contributed by atoms with Gasteiger partial charge in [0.15, 0.2) is 22.1 Å². The van der Waals surface area contributed by atoms with Crippen LogP contribution in [0.3, 0.4) is 0 Å². The number of aromatic nitrogens is 3. The summed E-state index contributed by atoms with van der Waals surface area (Å²) in [5.41, 5.74) is 8.74. The van der Waals surface area contributed by atoms with Crippen LogP contribution in [0.5, 0.6) is 11.5 Å². The van der Waals surface area contributed by atoms with Gasteiger partial charge in [-0.1, -0.05) is 0 Å². The maximum atomic E-state index is 11.6. The van der Waals surface area contributed by atoms with Crippen molar-refractivity contribution in [1.29, 1.82) is 0 Å². The second kappa shape index (κ2) is 8.08. The van der Waals surface area contributed by atoms with Crippen LogP contribution < -0.4 is 25.4 Å². The predicted octanol–water partition coefficient (Wildman–Crippen LogP) is 2.55. The van der Waals surface area contributed by atoms with E-state index in [-0.39, 0.29) is 11.8 Å². The summed E-state index contributed by atoms with van der Waals surface area (Å²) in [7, 11) is 3.19. The molecule has 2 aromatic heterocycles. The van der Waals surface area contributed by atoms with Crippen LogP contribution in [-0.4, -0.2) is 48.2 Å². The van der Waals surface area contributed by atoms with Crippen molar-refractivity contribution in [1.82, 2.24) is 15.0 Å². The molecule has 1 fully saturated rings. The van der Waals surface area contributed by atoms with Gasteiger partial charge in [0.25, 0.3) is 0 Å². The van der Waals surface area contributed by atoms with Gasteiger partial charge in [-0.2, -0.15) is 9.97 Å². The Kier molecular flexibility index (Phi) is 5.34. The largest absolute Gasteiger partial charge is 0.493 e. The van der Waals surface area contributed by atoms with Gasteiger partial charge >= 0.3 is 0 Å². The van der Waals surface area contributed by atoms with E-state index in [4.69, 9.17) is 20.2 Å². The van der Waals surface area contributed by atoms with E-state index in [9.17, 15) is 4.79 Å². The molecule has 29 heavy (non-hydrogen) atoms. The highest BCUT2D eigenvalue weighted by Crippen LogP contribution is 2.33. The number of hydrogen-bond acceptors (Lipinski definition) is 9. The fourth-order valence-corrected chi connectivity index (χ4v) is 4.07. The van der Waals surface area contributed by atoms with Crippen molar-refractivity contribution >= 4 is 45.0 Å². The Balaban J connectivity index is 1.68. The molecule has 3 N–H and O–H groups in total. The fraction of sp³-hybridized carbons (Fsp3) is 0.368. The highest BCUT2D eigenvalue weighted by atomic mass is 32.1. The van der Waals surface area contributed by atoms with Gasteiger partial charge in [0.1, 0.15) is 5.52 Å². The van der Waals surface area contributed by atoms with E-state index < -0.39 is 0 Å². The number of amides is 1. The standard InChI is InChI=1S/C19H22N6O3S/c1-27-13-6-5-12(8-14(13)28-2)22-17-15-18(29-10-21-15)24-19(23-17)25-7-3-4-11(9-25)16(20)26/h5-6,8,10-11H,3-4,7,9H2,1-2H3,(H2,20,26)(H,22,23,24). The molecular formula is C19H22N6O3S. The number of carbonyl (C=O) groups excluding carboxylic acids is 1. The average Bonchev–Trinajstić information content (AvgIpc) is 3.22. The SMILES string of the molecule is COc1ccc(Nc2nc(N3CCCC(C(N)=O)C3)nc3scnc23)cc1OC. The molecule has 1 saturated heterocycles. The first-order valence-corrected chi connectivity index (χ1v) is 10.1. The minimum atomic E-state index is -0.280. The number of nitrogens with zero attached hydrogens (tertiary/aromatic N) is 4. The van der Waals surface area contributed by atoms with Gasteiger partial charge < -0.3 is 25.4 Å². The van der Waals surface area contributed by atoms with Gasteiger partial charge in [-0.25, -0.2) is 4.98 Å². The third-order valence-electron chi connectivity index (χ3n) is 4.94. The summed E-state index contributed by atoms with van der Waals surface area (Å²) in [5, 5.41) is 3.31. The number of methoxy groups -OCH3 is 2. The van der Waals surface area contributed by atoms with E-state index in [1.165, 1.54) is 11.3 Å². The predicted molar refractivity (Wildman–Crippen MR) is 112 cm³/mol. The van der Waals surface area contributed by atoms with E-state index in [1.54, 1.807) is 19.7 Å². The minimum Gasteiger partial charge on any atom is -0.493 e. The maximum Gasteiger partial charge on any atom is 0.228 e. The molecule has 152 valence electrons. The van der Waals surface area contributed by atoms with Crippen LogP contribution in [0.25, 0.3) is 10.3 Å². The van der Waals surface area contributed by atoms with E-state index >= 15 is 0 Å². The summed E-state index contributed by atoms with van der Waals surface area (Å²) < 4.78 is 10.7. The number of primary amides is 1. The van der Waals surface area contributed by atoms with Crippen molar-refractivity contribution in [3.05, 3.63) is 23.7 Å². The zero-order valence-corrected chi connectivity index (χ0v) is 17.0. The van der Waals surface area contributed by atoms with Crippen molar-refractivity contribution in [3.63, 3.8) is 0 Å². The zero-order chi connectivity index (χ0) is 20.4. The topological polar surface area (TPSA) is 115 Å². The lowest BCUT2D eigenvalue weighted by atomic mass is 9.98. The molecule has 3 aromatic rings. The molecule has 3 heterocycles. The summed E-state index contributed by atoms with van der Waals surface area (Å²) in [6, 6.07) is 5.54. The van der Waals surface area contributed by atoms with E-state index in [0.29, 0.717) is 35.3 Å². The number of hydrogen-bond donors (Lipinski definition) is 2. The van der Waals surface area contributed by atoms with Gasteiger partial charge in [0.2, 0.25) is 11.9 Å². The first-order chi connectivity index (χ1) is 14.1. The molecule has 0 spiro atoms. The van der Waals surface area contributed by atoms with Crippen molar-refractivity contribution in [3.8, 4) is 11.5 Å². The lowest BCUT2D eigenvalue weighted by molar-refractivity contribution is -0.122. The Labute approximate surface area is 171 Å². The van der Waals surface area contributed by atoms with Crippen molar-refractivity contribution < 1.29 is 14.3 Å². The second-order valence-corrected chi connectivity index (χ2v) is 7.59. The Bertz CT molecular complexity index is 1040. The first-order valence-electron chi connectivity index (χ1n) is 9.23. The molecule has 9 nitrogen and oxygen atoms in total. The quantitative estimate of drug-likeness (QED) is 0.632. The van der Waals surface area contributed by atoms with Gasteiger partial charge in [0, 0.05) is 24.8 Å².